The fourth-order valence-corrected chi connectivity index (χ4v) is 3.24. The van der Waals surface area contributed by atoms with Gasteiger partial charge in [-0.3, -0.25) is 0 Å². The largest absolute Gasteiger partial charge is 0.126 e. The van der Waals surface area contributed by atoms with Crippen LogP contribution in [-0.4, -0.2) is 5.88 Å². The van der Waals surface area contributed by atoms with Gasteiger partial charge in [0, 0.05) is 10.4 Å². The van der Waals surface area contributed by atoms with Crippen LogP contribution >= 0.6 is 50.7 Å². The van der Waals surface area contributed by atoms with E-state index >= 15 is 0 Å². The molecule has 4 heteroatoms. The standard InChI is InChI=1S/C16H14BrCl3/c17-14-6-2-1-4-12(14)8-11(10-18)9-13-5-3-7-15(19)16(13)20/h1-7,11H,8-10H2. The van der Waals surface area contributed by atoms with E-state index in [-0.39, 0.29) is 0 Å². The SMILES string of the molecule is ClCC(Cc1ccccc1Br)Cc1cccc(Cl)c1Cl. The number of rotatable bonds is 5. The molecule has 0 radical (unpaired) electrons. The third kappa shape index (κ3) is 4.14. The van der Waals surface area contributed by atoms with Crippen LogP contribution < -0.4 is 0 Å². The molecule has 1 atom stereocenters. The Morgan fingerprint density at radius 3 is 2.25 bits per heavy atom. The highest BCUT2D eigenvalue weighted by Crippen LogP contribution is 2.29. The van der Waals surface area contributed by atoms with Crippen LogP contribution in [0.3, 0.4) is 0 Å². The van der Waals surface area contributed by atoms with Gasteiger partial charge in [-0.2, -0.15) is 0 Å². The highest BCUT2D eigenvalue weighted by Gasteiger charge is 2.14. The van der Waals surface area contributed by atoms with Crippen molar-refractivity contribution < 1.29 is 0 Å². The van der Waals surface area contributed by atoms with E-state index in [1.807, 2.05) is 30.3 Å². The average molecular weight is 393 g/mol. The first-order valence-corrected chi connectivity index (χ1v) is 8.42. The molecule has 0 aliphatic heterocycles. The maximum absolute atomic E-state index is 6.24. The second-order valence-electron chi connectivity index (χ2n) is 4.73. The van der Waals surface area contributed by atoms with E-state index in [1.165, 1.54) is 5.56 Å². The number of halogens is 4. The van der Waals surface area contributed by atoms with Gasteiger partial charge in [-0.05, 0) is 42.0 Å². The lowest BCUT2D eigenvalue weighted by Crippen LogP contribution is -2.11. The van der Waals surface area contributed by atoms with Crippen molar-refractivity contribution in [3.63, 3.8) is 0 Å². The quantitative estimate of drug-likeness (QED) is 0.517. The Morgan fingerprint density at radius 2 is 1.55 bits per heavy atom. The zero-order chi connectivity index (χ0) is 14.5. The zero-order valence-electron chi connectivity index (χ0n) is 10.8. The van der Waals surface area contributed by atoms with Gasteiger partial charge in [-0.25, -0.2) is 0 Å². The first-order valence-electron chi connectivity index (χ1n) is 6.34. The number of hydrogen-bond donors (Lipinski definition) is 0. The first-order chi connectivity index (χ1) is 9.61. The van der Waals surface area contributed by atoms with E-state index < -0.39 is 0 Å². The number of hydrogen-bond acceptors (Lipinski definition) is 0. The van der Waals surface area contributed by atoms with Gasteiger partial charge in [0.15, 0.2) is 0 Å². The Labute approximate surface area is 143 Å². The second kappa shape index (κ2) is 7.70. The molecule has 0 amide bonds. The van der Waals surface area contributed by atoms with Gasteiger partial charge in [0.05, 0.1) is 10.0 Å². The molecule has 1 unspecified atom stereocenters. The van der Waals surface area contributed by atoms with Crippen LogP contribution in [0.2, 0.25) is 10.0 Å². The molecule has 0 aromatic heterocycles. The zero-order valence-corrected chi connectivity index (χ0v) is 14.6. The predicted molar refractivity (Wildman–Crippen MR) is 92.2 cm³/mol. The Balaban J connectivity index is 2.14. The molecule has 0 saturated carbocycles. The third-order valence-electron chi connectivity index (χ3n) is 3.22. The van der Waals surface area contributed by atoms with Gasteiger partial charge in [-0.1, -0.05) is 69.5 Å². The molecule has 0 N–H and O–H groups in total. The molecule has 2 aromatic carbocycles. The lowest BCUT2D eigenvalue weighted by atomic mass is 9.94. The van der Waals surface area contributed by atoms with Crippen LogP contribution in [0.5, 0.6) is 0 Å². The first kappa shape index (κ1) is 16.2. The van der Waals surface area contributed by atoms with Crippen molar-refractivity contribution in [2.24, 2.45) is 5.92 Å². The molecule has 0 nitrogen and oxygen atoms in total. The van der Waals surface area contributed by atoms with E-state index in [0.29, 0.717) is 21.8 Å². The molecule has 0 aliphatic rings. The molecule has 0 aliphatic carbocycles. The summed E-state index contributed by atoms with van der Waals surface area (Å²) in [6.45, 7) is 0. The van der Waals surface area contributed by atoms with Gasteiger partial charge in [0.2, 0.25) is 0 Å². The molecular formula is C16H14BrCl3. The van der Waals surface area contributed by atoms with Crippen molar-refractivity contribution in [1.29, 1.82) is 0 Å². The molecule has 0 fully saturated rings. The highest BCUT2D eigenvalue weighted by molar-refractivity contribution is 9.10. The van der Waals surface area contributed by atoms with Crippen LogP contribution in [0.1, 0.15) is 11.1 Å². The van der Waals surface area contributed by atoms with Crippen LogP contribution in [0.15, 0.2) is 46.9 Å². The Bertz CT molecular complexity index is 584. The summed E-state index contributed by atoms with van der Waals surface area (Å²) in [5.41, 5.74) is 2.31. The molecule has 20 heavy (non-hydrogen) atoms. The number of benzene rings is 2. The summed E-state index contributed by atoms with van der Waals surface area (Å²) >= 11 is 22.0. The molecule has 0 heterocycles. The summed E-state index contributed by atoms with van der Waals surface area (Å²) in [5, 5.41) is 1.23. The maximum Gasteiger partial charge on any atom is 0.0624 e. The van der Waals surface area contributed by atoms with Gasteiger partial charge in [0.25, 0.3) is 0 Å². The summed E-state index contributed by atoms with van der Waals surface area (Å²) < 4.78 is 1.12. The van der Waals surface area contributed by atoms with Crippen LogP contribution in [0.4, 0.5) is 0 Å². The summed E-state index contributed by atoms with van der Waals surface area (Å²) in [7, 11) is 0. The van der Waals surface area contributed by atoms with Crippen molar-refractivity contribution in [2.75, 3.05) is 5.88 Å². The van der Waals surface area contributed by atoms with Crippen molar-refractivity contribution >= 4 is 50.7 Å². The van der Waals surface area contributed by atoms with Gasteiger partial charge >= 0.3 is 0 Å². The Morgan fingerprint density at radius 1 is 0.900 bits per heavy atom. The average Bonchev–Trinajstić information content (AvgIpc) is 2.45. The maximum atomic E-state index is 6.24. The molecule has 0 spiro atoms. The molecule has 2 rings (SSSR count). The molecule has 0 saturated heterocycles. The van der Waals surface area contributed by atoms with Crippen molar-refractivity contribution in [2.45, 2.75) is 12.8 Å². The van der Waals surface area contributed by atoms with Gasteiger partial charge in [-0.15, -0.1) is 11.6 Å². The molecule has 106 valence electrons. The van der Waals surface area contributed by atoms with E-state index in [9.17, 15) is 0 Å². The van der Waals surface area contributed by atoms with E-state index in [1.54, 1.807) is 6.07 Å². The normalized spacial score (nSPS) is 12.4. The minimum absolute atomic E-state index is 0.325. The minimum Gasteiger partial charge on any atom is -0.126 e. The lowest BCUT2D eigenvalue weighted by molar-refractivity contribution is 0.583. The predicted octanol–water partition coefficient (Wildman–Crippen LogP) is 6.40. The fourth-order valence-electron chi connectivity index (χ4n) is 2.17. The van der Waals surface area contributed by atoms with Crippen molar-refractivity contribution in [3.05, 3.63) is 68.1 Å². The molecule has 2 aromatic rings. The second-order valence-corrected chi connectivity index (χ2v) is 6.68. The monoisotopic (exact) mass is 390 g/mol. The van der Waals surface area contributed by atoms with E-state index in [4.69, 9.17) is 34.8 Å². The summed E-state index contributed by atoms with van der Waals surface area (Å²) in [4.78, 5) is 0. The van der Waals surface area contributed by atoms with Crippen molar-refractivity contribution in [1.82, 2.24) is 0 Å². The smallest absolute Gasteiger partial charge is 0.0624 e. The van der Waals surface area contributed by atoms with Gasteiger partial charge in [0.1, 0.15) is 0 Å². The molecular weight excluding hydrogens is 378 g/mol. The van der Waals surface area contributed by atoms with E-state index in [0.717, 1.165) is 22.9 Å². The van der Waals surface area contributed by atoms with Crippen molar-refractivity contribution in [3.8, 4) is 0 Å². The summed E-state index contributed by atoms with van der Waals surface area (Å²) in [5.74, 6) is 0.913. The van der Waals surface area contributed by atoms with Crippen LogP contribution in [0.25, 0.3) is 0 Å². The summed E-state index contributed by atoms with van der Waals surface area (Å²) in [6, 6.07) is 13.9. The minimum atomic E-state index is 0.325. The fraction of sp³-hybridized carbons (Fsp3) is 0.250. The topological polar surface area (TPSA) is 0 Å². The third-order valence-corrected chi connectivity index (χ3v) is 5.29. The Kier molecular flexibility index (Phi) is 6.22. The van der Waals surface area contributed by atoms with Gasteiger partial charge < -0.3 is 0 Å². The number of alkyl halides is 1. The Hall–Kier alpha value is -0.210. The van der Waals surface area contributed by atoms with E-state index in [2.05, 4.69) is 22.0 Å². The molecule has 0 bridgehead atoms. The summed E-state index contributed by atoms with van der Waals surface area (Å²) in [6.07, 6.45) is 1.73. The van der Waals surface area contributed by atoms with Crippen LogP contribution in [0, 0.1) is 5.92 Å². The van der Waals surface area contributed by atoms with Crippen LogP contribution in [-0.2, 0) is 12.8 Å². The highest BCUT2D eigenvalue weighted by atomic mass is 79.9. The lowest BCUT2D eigenvalue weighted by Gasteiger charge is -2.16.